The van der Waals surface area contributed by atoms with Gasteiger partial charge in [-0.05, 0) is 25.5 Å². The molecule has 1 N–H and O–H groups in total. The second-order valence-electron chi connectivity index (χ2n) is 4.78. The topological polar surface area (TPSA) is 52.9 Å². The molecule has 1 unspecified atom stereocenters. The van der Waals surface area contributed by atoms with E-state index in [1.54, 1.807) is 0 Å². The number of amides is 1. The summed E-state index contributed by atoms with van der Waals surface area (Å²) in [6.45, 7) is 2.72. The number of nitrogens with zero attached hydrogens (tertiary/aromatic N) is 1. The van der Waals surface area contributed by atoms with Gasteiger partial charge in [0.1, 0.15) is 5.92 Å². The predicted molar refractivity (Wildman–Crippen MR) is 71.7 cm³/mol. The Kier molecular flexibility index (Phi) is 5.84. The van der Waals surface area contributed by atoms with E-state index in [0.717, 1.165) is 13.0 Å². The van der Waals surface area contributed by atoms with E-state index in [0.29, 0.717) is 6.42 Å². The van der Waals surface area contributed by atoms with Crippen molar-refractivity contribution >= 4 is 17.7 Å². The number of nitriles is 1. The van der Waals surface area contributed by atoms with Crippen LogP contribution in [0.3, 0.4) is 0 Å². The van der Waals surface area contributed by atoms with Crippen molar-refractivity contribution in [2.75, 3.05) is 12.8 Å². The van der Waals surface area contributed by atoms with Crippen LogP contribution >= 0.6 is 11.8 Å². The molecular weight excluding hydrogens is 232 g/mol. The number of hydrogen-bond donors (Lipinski definition) is 1. The molecule has 0 bridgehead atoms. The van der Waals surface area contributed by atoms with Crippen LogP contribution in [0.15, 0.2) is 0 Å². The Hall–Kier alpha value is -0.690. The number of hydrogen-bond acceptors (Lipinski definition) is 3. The van der Waals surface area contributed by atoms with E-state index in [-0.39, 0.29) is 10.7 Å². The lowest BCUT2D eigenvalue weighted by Crippen LogP contribution is -2.40. The van der Waals surface area contributed by atoms with Gasteiger partial charge < -0.3 is 5.32 Å². The van der Waals surface area contributed by atoms with Crippen LogP contribution < -0.4 is 5.32 Å². The molecule has 17 heavy (non-hydrogen) atoms. The Morgan fingerprint density at radius 1 is 1.53 bits per heavy atom. The van der Waals surface area contributed by atoms with Gasteiger partial charge in [0, 0.05) is 11.3 Å². The second kappa shape index (κ2) is 6.90. The fourth-order valence-electron chi connectivity index (χ4n) is 2.39. The van der Waals surface area contributed by atoms with Crippen molar-refractivity contribution in [3.8, 4) is 6.07 Å². The molecule has 3 nitrogen and oxygen atoms in total. The number of carbonyl (C=O) groups excluding carboxylic acids is 1. The van der Waals surface area contributed by atoms with Gasteiger partial charge in [0.05, 0.1) is 6.07 Å². The van der Waals surface area contributed by atoms with Crippen LogP contribution in [0.5, 0.6) is 0 Å². The lowest BCUT2D eigenvalue weighted by atomic mass is 10.0. The highest BCUT2D eigenvalue weighted by molar-refractivity contribution is 8.00. The summed E-state index contributed by atoms with van der Waals surface area (Å²) < 4.78 is 0.224. The van der Waals surface area contributed by atoms with Gasteiger partial charge in [0.15, 0.2) is 0 Å². The summed E-state index contributed by atoms with van der Waals surface area (Å²) in [6, 6.07) is 2.09. The van der Waals surface area contributed by atoms with Crippen LogP contribution in [-0.2, 0) is 4.79 Å². The molecule has 0 radical (unpaired) electrons. The van der Waals surface area contributed by atoms with Crippen LogP contribution in [0.4, 0.5) is 0 Å². The largest absolute Gasteiger partial charge is 0.354 e. The molecule has 1 fully saturated rings. The molecular formula is C13H22N2OS. The van der Waals surface area contributed by atoms with Crippen LogP contribution in [0.2, 0.25) is 0 Å². The molecule has 0 heterocycles. The highest BCUT2D eigenvalue weighted by Gasteiger charge is 2.33. The van der Waals surface area contributed by atoms with E-state index in [1.165, 1.54) is 25.7 Å². The lowest BCUT2D eigenvalue weighted by molar-refractivity contribution is -0.123. The van der Waals surface area contributed by atoms with Crippen molar-refractivity contribution in [1.82, 2.24) is 5.32 Å². The first-order valence-corrected chi connectivity index (χ1v) is 7.62. The SMILES string of the molecule is CCCC(C#N)C(=O)NCC1(SC)CCCC1. The predicted octanol–water partition coefficient (Wildman–Crippen LogP) is 2.72. The Labute approximate surface area is 108 Å². The fourth-order valence-corrected chi connectivity index (χ4v) is 3.30. The van der Waals surface area contributed by atoms with E-state index in [9.17, 15) is 4.79 Å². The highest BCUT2D eigenvalue weighted by Crippen LogP contribution is 2.39. The summed E-state index contributed by atoms with van der Waals surface area (Å²) in [5.41, 5.74) is 0. The zero-order valence-corrected chi connectivity index (χ0v) is 11.6. The third kappa shape index (κ3) is 3.92. The minimum Gasteiger partial charge on any atom is -0.354 e. The third-order valence-corrected chi connectivity index (χ3v) is 5.00. The van der Waals surface area contributed by atoms with Gasteiger partial charge >= 0.3 is 0 Å². The number of thioether (sulfide) groups is 1. The van der Waals surface area contributed by atoms with E-state index in [1.807, 2.05) is 18.7 Å². The first kappa shape index (κ1) is 14.4. The maximum absolute atomic E-state index is 11.8. The van der Waals surface area contributed by atoms with Gasteiger partial charge in [-0.3, -0.25) is 4.79 Å². The molecule has 1 saturated carbocycles. The van der Waals surface area contributed by atoms with Gasteiger partial charge in [-0.1, -0.05) is 26.2 Å². The van der Waals surface area contributed by atoms with Crippen LogP contribution in [0.25, 0.3) is 0 Å². The third-order valence-electron chi connectivity index (χ3n) is 3.58. The maximum Gasteiger partial charge on any atom is 0.237 e. The molecule has 96 valence electrons. The molecule has 1 aliphatic rings. The Morgan fingerprint density at radius 2 is 2.18 bits per heavy atom. The molecule has 1 aliphatic carbocycles. The summed E-state index contributed by atoms with van der Waals surface area (Å²) in [4.78, 5) is 11.8. The first-order valence-electron chi connectivity index (χ1n) is 6.40. The molecule has 1 rings (SSSR count). The first-order chi connectivity index (χ1) is 8.17. The quantitative estimate of drug-likeness (QED) is 0.793. The smallest absolute Gasteiger partial charge is 0.237 e. The van der Waals surface area contributed by atoms with Gasteiger partial charge in [0.25, 0.3) is 0 Å². The van der Waals surface area contributed by atoms with E-state index < -0.39 is 5.92 Å². The summed E-state index contributed by atoms with van der Waals surface area (Å²) in [7, 11) is 0. The van der Waals surface area contributed by atoms with Gasteiger partial charge in [-0.15, -0.1) is 0 Å². The number of rotatable bonds is 6. The van der Waals surface area contributed by atoms with E-state index in [4.69, 9.17) is 5.26 Å². The van der Waals surface area contributed by atoms with Gasteiger partial charge in [0.2, 0.25) is 5.91 Å². The lowest BCUT2D eigenvalue weighted by Gasteiger charge is -2.27. The van der Waals surface area contributed by atoms with Gasteiger partial charge in [-0.25, -0.2) is 0 Å². The van der Waals surface area contributed by atoms with Crippen LogP contribution in [-0.4, -0.2) is 23.5 Å². The zero-order valence-electron chi connectivity index (χ0n) is 10.8. The monoisotopic (exact) mass is 254 g/mol. The van der Waals surface area contributed by atoms with Crippen LogP contribution in [0.1, 0.15) is 45.4 Å². The van der Waals surface area contributed by atoms with E-state index in [2.05, 4.69) is 17.6 Å². The fraction of sp³-hybridized carbons (Fsp3) is 0.846. The molecule has 0 aromatic heterocycles. The van der Waals surface area contributed by atoms with Crippen molar-refractivity contribution in [2.24, 2.45) is 5.92 Å². The minimum atomic E-state index is -0.472. The normalized spacial score (nSPS) is 19.6. The molecule has 0 aliphatic heterocycles. The summed E-state index contributed by atoms with van der Waals surface area (Å²) in [5.74, 6) is -0.560. The summed E-state index contributed by atoms with van der Waals surface area (Å²) >= 11 is 1.86. The van der Waals surface area contributed by atoms with Crippen molar-refractivity contribution < 1.29 is 4.79 Å². The van der Waals surface area contributed by atoms with E-state index >= 15 is 0 Å². The Bertz CT molecular complexity index is 292. The van der Waals surface area contributed by atoms with Gasteiger partial charge in [-0.2, -0.15) is 17.0 Å². The molecule has 0 aromatic carbocycles. The molecule has 0 aromatic rings. The second-order valence-corrected chi connectivity index (χ2v) is 6.06. The molecule has 1 amide bonds. The van der Waals surface area contributed by atoms with Crippen molar-refractivity contribution in [3.05, 3.63) is 0 Å². The Balaban J connectivity index is 2.43. The average Bonchev–Trinajstić information content (AvgIpc) is 2.82. The Morgan fingerprint density at radius 3 is 2.65 bits per heavy atom. The summed E-state index contributed by atoms with van der Waals surface area (Å²) in [5, 5.41) is 11.9. The van der Waals surface area contributed by atoms with Crippen LogP contribution in [0, 0.1) is 17.2 Å². The molecule has 4 heteroatoms. The number of carbonyl (C=O) groups is 1. The molecule has 0 saturated heterocycles. The van der Waals surface area contributed by atoms with Crippen molar-refractivity contribution in [3.63, 3.8) is 0 Å². The summed E-state index contributed by atoms with van der Waals surface area (Å²) in [6.07, 6.45) is 8.53. The zero-order chi connectivity index (χ0) is 12.7. The minimum absolute atomic E-state index is 0.0883. The standard InChI is InChI=1S/C13H22N2OS/c1-3-6-11(9-14)12(16)15-10-13(17-2)7-4-5-8-13/h11H,3-8,10H2,1-2H3,(H,15,16). The highest BCUT2D eigenvalue weighted by atomic mass is 32.2. The molecule has 0 spiro atoms. The van der Waals surface area contributed by atoms with Crippen molar-refractivity contribution in [1.29, 1.82) is 5.26 Å². The molecule has 1 atom stereocenters. The number of nitrogens with one attached hydrogen (secondary N) is 1. The van der Waals surface area contributed by atoms with Crippen molar-refractivity contribution in [2.45, 2.75) is 50.2 Å². The maximum atomic E-state index is 11.8. The average molecular weight is 254 g/mol.